The molecular weight excluding hydrogens is 243 g/mol. The van der Waals surface area contributed by atoms with Crippen molar-refractivity contribution in [3.8, 4) is 5.75 Å². The summed E-state index contributed by atoms with van der Waals surface area (Å²) in [5.41, 5.74) is 0.731. The molecule has 0 saturated heterocycles. The number of ether oxygens (including phenoxy) is 1. The summed E-state index contributed by atoms with van der Waals surface area (Å²) >= 11 is 0. The summed E-state index contributed by atoms with van der Waals surface area (Å²) in [7, 11) is 2.42. The molecule has 1 saturated carbocycles. The number of phenols is 1. The lowest BCUT2D eigenvalue weighted by atomic mass is 10.2. The van der Waals surface area contributed by atoms with E-state index in [-0.39, 0.29) is 5.75 Å². The Morgan fingerprint density at radius 2 is 2.19 bits per heavy atom. The molecule has 0 radical (unpaired) electrons. The number of hydrogen-bond donors (Lipinski definition) is 2. The third-order valence-corrected chi connectivity index (χ3v) is 7.23. The number of aromatic hydroxyl groups is 1. The van der Waals surface area contributed by atoms with Crippen LogP contribution >= 0.6 is 18.4 Å². The van der Waals surface area contributed by atoms with Crippen LogP contribution in [0.3, 0.4) is 0 Å². The fourth-order valence-electron chi connectivity index (χ4n) is 1.66. The molecule has 5 heteroatoms. The van der Waals surface area contributed by atoms with Crippen LogP contribution in [0.2, 0.25) is 0 Å². The molecule has 2 rings (SSSR count). The smallest absolute Gasteiger partial charge is 0.121 e. The van der Waals surface area contributed by atoms with Crippen molar-refractivity contribution in [3.05, 3.63) is 23.8 Å². The Labute approximate surface area is 99.3 Å². The van der Waals surface area contributed by atoms with Gasteiger partial charge in [0.2, 0.25) is 0 Å². The van der Waals surface area contributed by atoms with E-state index in [0.717, 1.165) is 23.3 Å². The van der Waals surface area contributed by atoms with Crippen LogP contribution in [0.25, 0.3) is 0 Å². The van der Waals surface area contributed by atoms with Crippen LogP contribution in [0.4, 0.5) is 0 Å². The first-order chi connectivity index (χ1) is 7.55. The van der Waals surface area contributed by atoms with Gasteiger partial charge in [0.15, 0.2) is 0 Å². The maximum Gasteiger partial charge on any atom is 0.121 e. The van der Waals surface area contributed by atoms with Crippen molar-refractivity contribution in [2.75, 3.05) is 7.11 Å². The Kier molecular flexibility index (Phi) is 3.45. The number of rotatable bonds is 4. The lowest BCUT2D eigenvalue weighted by molar-refractivity contribution is 0.182. The number of hydrogen-bond acceptors (Lipinski definition) is 3. The Morgan fingerprint density at radius 3 is 2.75 bits per heavy atom. The summed E-state index contributed by atoms with van der Waals surface area (Å²) in [6, 6.07) is 5.28. The van der Waals surface area contributed by atoms with E-state index < -0.39 is 9.93 Å². The highest BCUT2D eigenvalue weighted by atomic mass is 32.8. The zero-order valence-electron chi connectivity index (χ0n) is 9.22. The fourth-order valence-corrected chi connectivity index (χ4v) is 4.77. The molecule has 16 heavy (non-hydrogen) atoms. The van der Waals surface area contributed by atoms with Crippen molar-refractivity contribution >= 4 is 18.4 Å². The highest BCUT2D eigenvalue weighted by molar-refractivity contribution is 8.65. The Morgan fingerprint density at radius 1 is 1.50 bits per heavy atom. The molecular formula is C11H17O3PS. The Hall–Kier alpha value is -0.280. The number of benzene rings is 1. The number of phenolic OH excluding ortho intramolecular Hbond substituents is 1. The van der Waals surface area contributed by atoms with E-state index in [1.165, 1.54) is 0 Å². The van der Waals surface area contributed by atoms with Crippen molar-refractivity contribution in [3.63, 3.8) is 0 Å². The summed E-state index contributed by atoms with van der Waals surface area (Å²) in [5, 5.41) is 10.0. The average Bonchev–Trinajstić information content (AvgIpc) is 3.05. The molecule has 1 aliphatic rings. The average molecular weight is 260 g/mol. The molecule has 2 N–H and O–H groups in total. The second kappa shape index (κ2) is 4.53. The van der Waals surface area contributed by atoms with Gasteiger partial charge < -0.3 is 14.4 Å². The first kappa shape index (κ1) is 12.2. The van der Waals surface area contributed by atoms with Gasteiger partial charge in [0, 0.05) is 22.8 Å². The highest BCUT2D eigenvalue weighted by Crippen LogP contribution is 2.70. The number of methoxy groups -OCH3 is 1. The third-order valence-electron chi connectivity index (χ3n) is 2.76. The molecule has 1 aromatic rings. The van der Waals surface area contributed by atoms with Crippen LogP contribution in [-0.2, 0) is 11.3 Å². The van der Waals surface area contributed by atoms with E-state index >= 15 is 0 Å². The maximum absolute atomic E-state index is 10.4. The summed E-state index contributed by atoms with van der Waals surface area (Å²) < 4.78 is 15.4. The molecule has 3 nitrogen and oxygen atoms in total. The molecule has 0 heterocycles. The predicted octanol–water partition coefficient (Wildman–Crippen LogP) is 3.13. The van der Waals surface area contributed by atoms with Crippen LogP contribution in [-0.4, -0.2) is 22.0 Å². The van der Waals surface area contributed by atoms with E-state index in [4.69, 9.17) is 4.74 Å². The van der Waals surface area contributed by atoms with Gasteiger partial charge in [0.05, 0.1) is 6.61 Å². The topological polar surface area (TPSA) is 49.7 Å². The van der Waals surface area contributed by atoms with Gasteiger partial charge in [-0.15, -0.1) is 0 Å². The van der Waals surface area contributed by atoms with Gasteiger partial charge in [-0.2, -0.15) is 0 Å². The van der Waals surface area contributed by atoms with E-state index in [1.807, 2.05) is 6.07 Å². The molecule has 0 aromatic heterocycles. The van der Waals surface area contributed by atoms with Gasteiger partial charge in [-0.1, -0.05) is 18.4 Å². The molecule has 2 unspecified atom stereocenters. The molecule has 0 bridgehead atoms. The van der Waals surface area contributed by atoms with Gasteiger partial charge in [0.25, 0.3) is 0 Å². The summed E-state index contributed by atoms with van der Waals surface area (Å²) in [6.07, 6.45) is 2.19. The summed E-state index contributed by atoms with van der Waals surface area (Å²) in [4.78, 5) is 0.907. The van der Waals surface area contributed by atoms with Crippen LogP contribution < -0.4 is 0 Å². The monoisotopic (exact) mass is 260 g/mol. The second-order valence-corrected chi connectivity index (χ2v) is 8.74. The van der Waals surface area contributed by atoms with Crippen molar-refractivity contribution in [2.24, 2.45) is 0 Å². The Bertz CT molecular complexity index is 391. The van der Waals surface area contributed by atoms with Crippen molar-refractivity contribution < 1.29 is 14.4 Å². The van der Waals surface area contributed by atoms with Crippen LogP contribution in [0.1, 0.15) is 18.4 Å². The largest absolute Gasteiger partial charge is 0.508 e. The maximum atomic E-state index is 10.4. The molecule has 90 valence electrons. The molecule has 0 aliphatic heterocycles. The summed E-state index contributed by atoms with van der Waals surface area (Å²) in [6.45, 7) is 0.366. The fraction of sp³-hybridized carbons (Fsp3) is 0.455. The molecule has 1 fully saturated rings. The minimum Gasteiger partial charge on any atom is -0.508 e. The van der Waals surface area contributed by atoms with Gasteiger partial charge in [-0.05, 0) is 31.0 Å². The van der Waals surface area contributed by atoms with E-state index in [9.17, 15) is 9.66 Å². The second-order valence-electron chi connectivity index (χ2n) is 4.10. The quantitative estimate of drug-likeness (QED) is 0.818. The van der Waals surface area contributed by atoms with Gasteiger partial charge in [-0.3, -0.25) is 0 Å². The minimum absolute atomic E-state index is 0.224. The van der Waals surface area contributed by atoms with Crippen molar-refractivity contribution in [1.82, 2.24) is 0 Å². The van der Waals surface area contributed by atoms with E-state index in [2.05, 4.69) is 8.44 Å². The Balaban J connectivity index is 2.30. The van der Waals surface area contributed by atoms with Crippen LogP contribution in [0.5, 0.6) is 5.75 Å². The van der Waals surface area contributed by atoms with Gasteiger partial charge in [0.1, 0.15) is 5.75 Å². The zero-order chi connectivity index (χ0) is 11.8. The first-order valence-corrected chi connectivity index (χ1v) is 8.32. The highest BCUT2D eigenvalue weighted by Gasteiger charge is 2.37. The van der Waals surface area contributed by atoms with Gasteiger partial charge >= 0.3 is 0 Å². The molecule has 1 aliphatic carbocycles. The molecule has 1 aromatic carbocycles. The normalized spacial score (nSPS) is 21.4. The van der Waals surface area contributed by atoms with Gasteiger partial charge in [-0.25, -0.2) is 0 Å². The van der Waals surface area contributed by atoms with Crippen molar-refractivity contribution in [2.45, 2.75) is 29.6 Å². The molecule has 2 atom stereocenters. The predicted molar refractivity (Wildman–Crippen MR) is 70.0 cm³/mol. The zero-order valence-corrected chi connectivity index (χ0v) is 11.2. The molecule has 0 amide bonds. The SMILES string of the molecule is COCc1cc(S(O)(P)C2CC2)ccc1O. The standard InChI is InChI=1S/C11H17O3PS/c1-14-7-8-6-10(4-5-11(8)12)16(13,15)9-2-3-9/h4-6,9,12-13H,2-3,7,15H2,1H3. The lowest BCUT2D eigenvalue weighted by Crippen LogP contribution is -1.98. The summed E-state index contributed by atoms with van der Waals surface area (Å²) in [5.74, 6) is 0.224. The van der Waals surface area contributed by atoms with Crippen LogP contribution in [0, 0.1) is 0 Å². The van der Waals surface area contributed by atoms with E-state index in [1.54, 1.807) is 19.2 Å². The minimum atomic E-state index is -1.77. The molecule has 0 spiro atoms. The van der Waals surface area contributed by atoms with Crippen molar-refractivity contribution in [1.29, 1.82) is 0 Å². The van der Waals surface area contributed by atoms with E-state index in [0.29, 0.717) is 11.9 Å². The third kappa shape index (κ3) is 2.35. The first-order valence-electron chi connectivity index (χ1n) is 5.19. The van der Waals surface area contributed by atoms with Crippen LogP contribution in [0.15, 0.2) is 23.1 Å². The lowest BCUT2D eigenvalue weighted by Gasteiger charge is -2.29.